The van der Waals surface area contributed by atoms with Crippen molar-refractivity contribution in [3.63, 3.8) is 0 Å². The summed E-state index contributed by atoms with van der Waals surface area (Å²) in [5.41, 5.74) is 3.17. The van der Waals surface area contributed by atoms with E-state index < -0.39 is 0 Å². The summed E-state index contributed by atoms with van der Waals surface area (Å²) < 4.78 is 0. The fourth-order valence-electron chi connectivity index (χ4n) is 2.32. The van der Waals surface area contributed by atoms with Gasteiger partial charge in [0.1, 0.15) is 0 Å². The second kappa shape index (κ2) is 13.7. The van der Waals surface area contributed by atoms with E-state index in [2.05, 4.69) is 57.8 Å². The molecule has 137 valence electrons. The molecule has 1 aliphatic carbocycles. The first kappa shape index (κ1) is 23.4. The number of aromatic nitrogens is 1. The second-order valence-corrected chi connectivity index (χ2v) is 7.79. The predicted octanol–water partition coefficient (Wildman–Crippen LogP) is 6.45. The van der Waals surface area contributed by atoms with Crippen LogP contribution in [0.3, 0.4) is 0 Å². The summed E-state index contributed by atoms with van der Waals surface area (Å²) in [4.78, 5) is 4.10. The van der Waals surface area contributed by atoms with E-state index in [0.717, 1.165) is 17.8 Å². The molecule has 0 radical (unpaired) electrons. The number of nitrogens with one attached hydrogen (secondary N) is 1. The van der Waals surface area contributed by atoms with Gasteiger partial charge in [0.25, 0.3) is 0 Å². The molecule has 0 aliphatic heterocycles. The molecule has 0 bridgehead atoms. The van der Waals surface area contributed by atoms with E-state index in [1.165, 1.54) is 5.57 Å². The van der Waals surface area contributed by atoms with E-state index in [0.29, 0.717) is 30.6 Å². The Morgan fingerprint density at radius 3 is 2.21 bits per heavy atom. The van der Waals surface area contributed by atoms with E-state index in [-0.39, 0.29) is 0 Å². The van der Waals surface area contributed by atoms with Gasteiger partial charge in [0.15, 0.2) is 0 Å². The first-order valence-corrected chi connectivity index (χ1v) is 11.0. The van der Waals surface area contributed by atoms with Gasteiger partial charge in [-0.1, -0.05) is 58.9 Å². The summed E-state index contributed by atoms with van der Waals surface area (Å²) >= 11 is 0.382. The van der Waals surface area contributed by atoms with Crippen LogP contribution < -0.4 is 0 Å². The van der Waals surface area contributed by atoms with E-state index >= 15 is 0 Å². The number of hydrogen-bond acceptors (Lipinski definition) is 2. The molecule has 1 unspecified atom stereocenters. The molecule has 24 heavy (non-hydrogen) atoms. The number of pyridine rings is 1. The molecule has 0 fully saturated rings. The minimum absolute atomic E-state index is 0.322. The van der Waals surface area contributed by atoms with Gasteiger partial charge in [0.2, 0.25) is 0 Å². The molecule has 0 aromatic carbocycles. The fraction of sp³-hybridized carbons (Fsp3) is 0.474. The average Bonchev–Trinajstić information content (AvgIpc) is 2.56. The molecular formula is C19H28Cl2CoN2. The SMILES string of the molecule is CC(C)C1=CC=CC(C(C)C)C1=N.CCc1ccccn1.[Cl][Co][Cl]. The summed E-state index contributed by atoms with van der Waals surface area (Å²) in [6, 6.07) is 5.96. The molecule has 2 rings (SSSR count). The van der Waals surface area contributed by atoms with Crippen molar-refractivity contribution in [3.8, 4) is 0 Å². The van der Waals surface area contributed by atoms with Crippen LogP contribution in [0.15, 0.2) is 48.2 Å². The van der Waals surface area contributed by atoms with Crippen LogP contribution in [0.4, 0.5) is 0 Å². The third kappa shape index (κ3) is 9.02. The summed E-state index contributed by atoms with van der Waals surface area (Å²) in [6.07, 6.45) is 9.16. The maximum absolute atomic E-state index is 8.04. The molecule has 2 nitrogen and oxygen atoms in total. The Bertz CT molecular complexity index is 525. The van der Waals surface area contributed by atoms with Gasteiger partial charge < -0.3 is 5.41 Å². The van der Waals surface area contributed by atoms with Gasteiger partial charge in [0.05, 0.1) is 0 Å². The van der Waals surface area contributed by atoms with E-state index in [4.69, 9.17) is 25.7 Å². The maximum atomic E-state index is 8.04. The van der Waals surface area contributed by atoms with Crippen molar-refractivity contribution in [3.05, 3.63) is 53.9 Å². The zero-order valence-electron chi connectivity index (χ0n) is 15.0. The van der Waals surface area contributed by atoms with Gasteiger partial charge in [-0.2, -0.15) is 0 Å². The van der Waals surface area contributed by atoms with Gasteiger partial charge in [-0.15, -0.1) is 0 Å². The first-order valence-electron chi connectivity index (χ1n) is 8.09. The number of hydrogen-bond donors (Lipinski definition) is 1. The third-order valence-electron chi connectivity index (χ3n) is 3.67. The van der Waals surface area contributed by atoms with Crippen molar-refractivity contribution in [2.75, 3.05) is 0 Å². The number of allylic oxidation sites excluding steroid dienone is 4. The van der Waals surface area contributed by atoms with E-state index in [1.807, 2.05) is 24.4 Å². The van der Waals surface area contributed by atoms with Crippen molar-refractivity contribution in [1.29, 1.82) is 5.41 Å². The topological polar surface area (TPSA) is 36.7 Å². The van der Waals surface area contributed by atoms with Crippen LogP contribution in [0.2, 0.25) is 0 Å². The molecule has 0 amide bonds. The number of halogens is 2. The van der Waals surface area contributed by atoms with E-state index in [9.17, 15) is 0 Å². The summed E-state index contributed by atoms with van der Waals surface area (Å²) in [6.45, 7) is 10.7. The van der Waals surface area contributed by atoms with E-state index in [1.54, 1.807) is 0 Å². The molecule has 5 heteroatoms. The Morgan fingerprint density at radius 2 is 1.83 bits per heavy atom. The predicted molar refractivity (Wildman–Crippen MR) is 103 cm³/mol. The number of aryl methyl sites for hydroxylation is 1. The van der Waals surface area contributed by atoms with Crippen molar-refractivity contribution in [2.24, 2.45) is 17.8 Å². The van der Waals surface area contributed by atoms with Gasteiger partial charge in [-0.3, -0.25) is 4.98 Å². The van der Waals surface area contributed by atoms with Crippen LogP contribution in [-0.4, -0.2) is 10.7 Å². The van der Waals surface area contributed by atoms with Gasteiger partial charge >= 0.3 is 33.2 Å². The zero-order valence-corrected chi connectivity index (χ0v) is 17.6. The average molecular weight is 414 g/mol. The quantitative estimate of drug-likeness (QED) is 0.606. The molecule has 1 aromatic heterocycles. The summed E-state index contributed by atoms with van der Waals surface area (Å²) in [5, 5.41) is 8.04. The second-order valence-electron chi connectivity index (χ2n) is 6.07. The van der Waals surface area contributed by atoms with Crippen molar-refractivity contribution < 1.29 is 12.9 Å². The van der Waals surface area contributed by atoms with Crippen LogP contribution in [0.5, 0.6) is 0 Å². The molecule has 1 atom stereocenters. The zero-order chi connectivity index (χ0) is 18.5. The van der Waals surface area contributed by atoms with Gasteiger partial charge in [0, 0.05) is 23.5 Å². The third-order valence-corrected chi connectivity index (χ3v) is 3.67. The standard InChI is InChI=1S/C12H19N.C7H9N.2ClH.Co/c1-8(2)10-6-5-7-11(9(3)4)12(10)13;1-2-7-5-3-4-6-8-7;;;/h5-10,13H,1-4H3;3-6H,2H2,1H3;2*1H;/q;;;;+2/p-2. The normalized spacial score (nSPS) is 16.3. The fourth-order valence-corrected chi connectivity index (χ4v) is 2.32. The van der Waals surface area contributed by atoms with Crippen molar-refractivity contribution in [2.45, 2.75) is 41.0 Å². The molecule has 1 heterocycles. The number of rotatable bonds is 3. The van der Waals surface area contributed by atoms with Gasteiger partial charge in [-0.05, 0) is 36.0 Å². The Kier molecular flexibility index (Phi) is 13.3. The Labute approximate surface area is 161 Å². The molecule has 1 N–H and O–H groups in total. The van der Waals surface area contributed by atoms with Crippen LogP contribution in [0, 0.1) is 23.2 Å². The molecule has 0 saturated heterocycles. The van der Waals surface area contributed by atoms with Crippen LogP contribution in [-0.2, 0) is 19.3 Å². The monoisotopic (exact) mass is 413 g/mol. The Balaban J connectivity index is 0.000000409. The minimum atomic E-state index is 0.322. The Hall–Kier alpha value is -0.614. The first-order chi connectivity index (χ1) is 11.4. The molecule has 0 saturated carbocycles. The van der Waals surface area contributed by atoms with Crippen LogP contribution in [0.25, 0.3) is 0 Å². The number of nitrogens with zero attached hydrogens (tertiary/aromatic N) is 1. The van der Waals surface area contributed by atoms with Crippen molar-refractivity contribution >= 4 is 26.0 Å². The summed E-state index contributed by atoms with van der Waals surface area (Å²) in [5.74, 6) is 1.33. The van der Waals surface area contributed by atoms with Gasteiger partial charge in [-0.25, -0.2) is 0 Å². The summed E-state index contributed by atoms with van der Waals surface area (Å²) in [7, 11) is 9.47. The molecular weight excluding hydrogens is 386 g/mol. The molecule has 1 aliphatic rings. The Morgan fingerprint density at radius 1 is 1.21 bits per heavy atom. The molecule has 0 spiro atoms. The van der Waals surface area contributed by atoms with Crippen LogP contribution in [0.1, 0.15) is 40.3 Å². The molecule has 1 aromatic rings. The van der Waals surface area contributed by atoms with Crippen molar-refractivity contribution in [1.82, 2.24) is 4.98 Å². The van der Waals surface area contributed by atoms with Crippen LogP contribution >= 0.6 is 20.3 Å².